The fraction of sp³-hybridized carbons (Fsp3) is 0.565. The van der Waals surface area contributed by atoms with E-state index in [2.05, 4.69) is 40.0 Å². The maximum absolute atomic E-state index is 6.79. The van der Waals surface area contributed by atoms with Crippen LogP contribution >= 0.6 is 0 Å². The Bertz CT molecular complexity index is 843. The summed E-state index contributed by atoms with van der Waals surface area (Å²) in [6.45, 7) is 7.92. The summed E-state index contributed by atoms with van der Waals surface area (Å²) in [6, 6.07) is 6.59. The minimum absolute atomic E-state index is 0.0911. The van der Waals surface area contributed by atoms with Crippen molar-refractivity contribution < 1.29 is 9.47 Å². The quantitative estimate of drug-likeness (QED) is 0.790. The summed E-state index contributed by atoms with van der Waals surface area (Å²) in [5.74, 6) is 2.33. The van der Waals surface area contributed by atoms with Crippen molar-refractivity contribution in [1.82, 2.24) is 14.9 Å². The van der Waals surface area contributed by atoms with Gasteiger partial charge in [0.15, 0.2) is 0 Å². The number of likely N-dealkylation sites (tertiary alicyclic amines) is 1. The molecule has 0 amide bonds. The average Bonchev–Trinajstić information content (AvgIpc) is 2.71. The standard InChI is InChI=1S/C23H29N3O2/c1-16-5-6-19-21(12-16)28-23(20-4-3-11-27-22(19)20)7-9-26(10-8-23)15-18-13-24-17(2)25-14-18/h5-6,12-14,20,22H,3-4,7-11,15H2,1-2H3/t20-,22+/m0/s1. The first-order chi connectivity index (χ1) is 13.6. The van der Waals surface area contributed by atoms with Crippen LogP contribution in [-0.4, -0.2) is 40.2 Å². The number of hydrogen-bond donors (Lipinski definition) is 0. The second-order valence-electron chi connectivity index (χ2n) is 8.66. The van der Waals surface area contributed by atoms with E-state index in [1.54, 1.807) is 0 Å². The molecule has 5 nitrogen and oxygen atoms in total. The molecule has 5 rings (SSSR count). The summed E-state index contributed by atoms with van der Waals surface area (Å²) in [5.41, 5.74) is 3.60. The zero-order valence-corrected chi connectivity index (χ0v) is 16.9. The number of fused-ring (bicyclic) bond motifs is 4. The highest BCUT2D eigenvalue weighted by atomic mass is 16.5. The van der Waals surface area contributed by atoms with Gasteiger partial charge in [-0.1, -0.05) is 12.1 Å². The smallest absolute Gasteiger partial charge is 0.126 e. The lowest BCUT2D eigenvalue weighted by Crippen LogP contribution is -2.57. The van der Waals surface area contributed by atoms with Crippen molar-refractivity contribution in [2.24, 2.45) is 5.92 Å². The normalized spacial score (nSPS) is 26.4. The third kappa shape index (κ3) is 3.20. The molecular formula is C23H29N3O2. The molecular weight excluding hydrogens is 350 g/mol. The van der Waals surface area contributed by atoms with Gasteiger partial charge in [0.2, 0.25) is 0 Å². The first-order valence-electron chi connectivity index (χ1n) is 10.5. The lowest BCUT2D eigenvalue weighted by Gasteiger charge is -2.53. The number of hydrogen-bond acceptors (Lipinski definition) is 5. The molecule has 148 valence electrons. The fourth-order valence-electron chi connectivity index (χ4n) is 5.21. The van der Waals surface area contributed by atoms with Crippen molar-refractivity contribution in [3.63, 3.8) is 0 Å². The van der Waals surface area contributed by atoms with Crippen LogP contribution in [0.5, 0.6) is 5.75 Å². The molecule has 3 aliphatic rings. The van der Waals surface area contributed by atoms with Crippen molar-refractivity contribution in [3.05, 3.63) is 53.1 Å². The SMILES string of the molecule is Cc1ccc2c(c1)OC1(CCN(Cc3cnc(C)nc3)CC1)[C@H]1CCCO[C@H]21. The van der Waals surface area contributed by atoms with Crippen LogP contribution in [0.4, 0.5) is 0 Å². The zero-order valence-electron chi connectivity index (χ0n) is 16.9. The van der Waals surface area contributed by atoms with E-state index < -0.39 is 0 Å². The predicted molar refractivity (Wildman–Crippen MR) is 107 cm³/mol. The maximum atomic E-state index is 6.79. The Morgan fingerprint density at radius 1 is 1.14 bits per heavy atom. The largest absolute Gasteiger partial charge is 0.486 e. The molecule has 0 N–H and O–H groups in total. The summed E-state index contributed by atoms with van der Waals surface area (Å²) in [4.78, 5) is 11.2. The first-order valence-corrected chi connectivity index (χ1v) is 10.5. The molecule has 0 unspecified atom stereocenters. The topological polar surface area (TPSA) is 47.5 Å². The van der Waals surface area contributed by atoms with Crippen LogP contribution in [0.3, 0.4) is 0 Å². The molecule has 0 saturated carbocycles. The molecule has 1 aromatic heterocycles. The number of piperidine rings is 1. The molecule has 0 aliphatic carbocycles. The van der Waals surface area contributed by atoms with E-state index in [-0.39, 0.29) is 11.7 Å². The second-order valence-corrected chi connectivity index (χ2v) is 8.66. The van der Waals surface area contributed by atoms with E-state index in [0.29, 0.717) is 5.92 Å². The number of nitrogens with zero attached hydrogens (tertiary/aromatic N) is 3. The third-order valence-corrected chi connectivity index (χ3v) is 6.73. The van der Waals surface area contributed by atoms with Gasteiger partial charge in [0, 0.05) is 68.5 Å². The van der Waals surface area contributed by atoms with Crippen LogP contribution in [-0.2, 0) is 11.3 Å². The Balaban J connectivity index is 1.35. The summed E-state index contributed by atoms with van der Waals surface area (Å²) in [6.07, 6.45) is 8.54. The van der Waals surface area contributed by atoms with Gasteiger partial charge >= 0.3 is 0 Å². The highest BCUT2D eigenvalue weighted by Gasteiger charge is 2.52. The molecule has 28 heavy (non-hydrogen) atoms. The van der Waals surface area contributed by atoms with Gasteiger partial charge in [0.1, 0.15) is 17.2 Å². The van der Waals surface area contributed by atoms with Gasteiger partial charge in [-0.15, -0.1) is 0 Å². The van der Waals surface area contributed by atoms with Gasteiger partial charge in [-0.25, -0.2) is 9.97 Å². The fourth-order valence-corrected chi connectivity index (χ4v) is 5.21. The van der Waals surface area contributed by atoms with Gasteiger partial charge in [-0.2, -0.15) is 0 Å². The van der Waals surface area contributed by atoms with Crippen molar-refractivity contribution >= 4 is 0 Å². The van der Waals surface area contributed by atoms with Gasteiger partial charge in [-0.05, 0) is 38.3 Å². The lowest BCUT2D eigenvalue weighted by molar-refractivity contribution is -0.150. The number of aryl methyl sites for hydroxylation is 2. The van der Waals surface area contributed by atoms with E-state index in [9.17, 15) is 0 Å². The van der Waals surface area contributed by atoms with Crippen molar-refractivity contribution in [2.75, 3.05) is 19.7 Å². The lowest BCUT2D eigenvalue weighted by atomic mass is 9.70. The first kappa shape index (κ1) is 18.1. The zero-order chi connectivity index (χ0) is 19.1. The van der Waals surface area contributed by atoms with Crippen LogP contribution in [0.25, 0.3) is 0 Å². The van der Waals surface area contributed by atoms with Crippen LogP contribution in [0.1, 0.15) is 54.3 Å². The number of benzene rings is 1. The molecule has 3 aliphatic heterocycles. The van der Waals surface area contributed by atoms with Gasteiger partial charge in [0.05, 0.1) is 6.10 Å². The summed E-state index contributed by atoms with van der Waals surface area (Å²) < 4.78 is 13.1. The van der Waals surface area contributed by atoms with Crippen LogP contribution < -0.4 is 4.74 Å². The number of rotatable bonds is 2. The molecule has 2 fully saturated rings. The van der Waals surface area contributed by atoms with Gasteiger partial charge in [0.25, 0.3) is 0 Å². The minimum Gasteiger partial charge on any atom is -0.486 e. The highest BCUT2D eigenvalue weighted by molar-refractivity contribution is 5.42. The summed E-state index contributed by atoms with van der Waals surface area (Å²) in [5, 5.41) is 0. The molecule has 1 aromatic carbocycles. The van der Waals surface area contributed by atoms with Crippen LogP contribution in [0, 0.1) is 19.8 Å². The molecule has 2 atom stereocenters. The Hall–Kier alpha value is -1.98. The Morgan fingerprint density at radius 2 is 1.93 bits per heavy atom. The molecule has 2 aromatic rings. The Kier molecular flexibility index (Phi) is 4.60. The Labute approximate surface area is 167 Å². The average molecular weight is 380 g/mol. The predicted octanol–water partition coefficient (Wildman–Crippen LogP) is 3.99. The van der Waals surface area contributed by atoms with E-state index in [1.807, 2.05) is 19.3 Å². The molecule has 2 saturated heterocycles. The number of ether oxygens (including phenoxy) is 2. The highest BCUT2D eigenvalue weighted by Crippen LogP contribution is 2.53. The third-order valence-electron chi connectivity index (χ3n) is 6.73. The van der Waals surface area contributed by atoms with Crippen LogP contribution in [0.15, 0.2) is 30.6 Å². The monoisotopic (exact) mass is 379 g/mol. The molecule has 5 heteroatoms. The number of aromatic nitrogens is 2. The van der Waals surface area contributed by atoms with Gasteiger partial charge < -0.3 is 9.47 Å². The summed E-state index contributed by atoms with van der Waals surface area (Å²) >= 11 is 0. The molecule has 0 radical (unpaired) electrons. The van der Waals surface area contributed by atoms with Crippen molar-refractivity contribution in [1.29, 1.82) is 0 Å². The van der Waals surface area contributed by atoms with Crippen LogP contribution in [0.2, 0.25) is 0 Å². The maximum Gasteiger partial charge on any atom is 0.126 e. The molecule has 0 bridgehead atoms. The second kappa shape index (κ2) is 7.12. The van der Waals surface area contributed by atoms with Crippen molar-refractivity contribution in [3.8, 4) is 5.75 Å². The van der Waals surface area contributed by atoms with Crippen molar-refractivity contribution in [2.45, 2.75) is 57.8 Å². The molecule has 1 spiro atoms. The Morgan fingerprint density at radius 3 is 2.71 bits per heavy atom. The molecule has 4 heterocycles. The van der Waals surface area contributed by atoms with E-state index >= 15 is 0 Å². The van der Waals surface area contributed by atoms with E-state index in [4.69, 9.17) is 9.47 Å². The minimum atomic E-state index is -0.0911. The van der Waals surface area contributed by atoms with E-state index in [1.165, 1.54) is 23.1 Å². The van der Waals surface area contributed by atoms with Gasteiger partial charge in [-0.3, -0.25) is 4.90 Å². The summed E-state index contributed by atoms with van der Waals surface area (Å²) in [7, 11) is 0. The van der Waals surface area contributed by atoms with E-state index in [0.717, 1.165) is 57.1 Å².